The molecule has 0 saturated carbocycles. The van der Waals surface area contributed by atoms with E-state index in [2.05, 4.69) is 4.74 Å². The van der Waals surface area contributed by atoms with E-state index in [1.54, 1.807) is 0 Å². The highest BCUT2D eigenvalue weighted by atomic mass is 16.5. The van der Waals surface area contributed by atoms with Crippen molar-refractivity contribution in [2.45, 2.75) is 6.92 Å². The third-order valence-electron chi connectivity index (χ3n) is 0.330. The molecule has 8 heavy (non-hydrogen) atoms. The molecule has 0 aliphatic rings. The molecule has 4 heteroatoms. The number of hydrogen-bond donors (Lipinski definition) is 2. The summed E-state index contributed by atoms with van der Waals surface area (Å²) in [6.45, 7) is 1.15. The van der Waals surface area contributed by atoms with Gasteiger partial charge in [0.1, 0.15) is 0 Å². The fourth-order valence-corrected chi connectivity index (χ4v) is 0.136. The minimum atomic E-state index is -1.01. The molecular weight excluding hydrogens is 112 g/mol. The molecule has 0 aromatic heterocycles. The molecule has 0 aliphatic carbocycles. The van der Waals surface area contributed by atoms with Gasteiger partial charge in [0.2, 0.25) is 0 Å². The maximum absolute atomic E-state index is 9.86. The summed E-state index contributed by atoms with van der Waals surface area (Å²) in [5.74, 6) is -1.61. The molecule has 46 valence electrons. The first-order chi connectivity index (χ1) is 3.63. The van der Waals surface area contributed by atoms with Gasteiger partial charge in [0, 0.05) is 6.92 Å². The van der Waals surface area contributed by atoms with Crippen molar-refractivity contribution in [3.63, 3.8) is 0 Å². The number of hydrogen-bond acceptors (Lipinski definition) is 4. The van der Waals surface area contributed by atoms with Crippen LogP contribution in [-0.2, 0) is 9.53 Å². The average Bonchev–Trinajstić information content (AvgIpc) is 1.61. The maximum atomic E-state index is 9.86. The Balaban J connectivity index is 3.45. The van der Waals surface area contributed by atoms with E-state index in [1.807, 2.05) is 0 Å². The van der Waals surface area contributed by atoms with Crippen LogP contribution in [0.5, 0.6) is 0 Å². The Labute approximate surface area is 46.0 Å². The number of ether oxygens (including phenoxy) is 1. The SMILES string of the molecule is CC(=O)OC=C(O)O. The number of aliphatic hydroxyl groups is 2. The van der Waals surface area contributed by atoms with Crippen molar-refractivity contribution in [3.8, 4) is 0 Å². The maximum Gasteiger partial charge on any atom is 0.311 e. The Bertz CT molecular complexity index is 111. The van der Waals surface area contributed by atoms with Gasteiger partial charge >= 0.3 is 11.9 Å². The van der Waals surface area contributed by atoms with Gasteiger partial charge in [0.15, 0.2) is 6.26 Å². The fraction of sp³-hybridized carbons (Fsp3) is 0.250. The van der Waals surface area contributed by atoms with Crippen molar-refractivity contribution in [2.75, 3.05) is 0 Å². The lowest BCUT2D eigenvalue weighted by molar-refractivity contribution is -0.136. The van der Waals surface area contributed by atoms with E-state index in [4.69, 9.17) is 10.2 Å². The molecule has 4 nitrogen and oxygen atoms in total. The molecule has 0 saturated heterocycles. The Morgan fingerprint density at radius 2 is 2.12 bits per heavy atom. The second-order valence-corrected chi connectivity index (χ2v) is 1.09. The van der Waals surface area contributed by atoms with E-state index in [1.165, 1.54) is 0 Å². The third kappa shape index (κ3) is 4.81. The van der Waals surface area contributed by atoms with E-state index < -0.39 is 11.9 Å². The molecule has 0 aliphatic heterocycles. The van der Waals surface area contributed by atoms with Crippen molar-refractivity contribution < 1.29 is 19.7 Å². The molecule has 0 unspecified atom stereocenters. The largest absolute Gasteiger partial charge is 0.479 e. The van der Waals surface area contributed by atoms with Crippen LogP contribution < -0.4 is 0 Å². The molecule has 0 heterocycles. The van der Waals surface area contributed by atoms with Crippen LogP contribution >= 0.6 is 0 Å². The first-order valence-electron chi connectivity index (χ1n) is 1.88. The minimum Gasteiger partial charge on any atom is -0.479 e. The molecule has 0 bridgehead atoms. The first kappa shape index (κ1) is 6.81. The van der Waals surface area contributed by atoms with Gasteiger partial charge in [-0.2, -0.15) is 0 Å². The lowest BCUT2D eigenvalue weighted by Gasteiger charge is -1.88. The van der Waals surface area contributed by atoms with E-state index >= 15 is 0 Å². The second kappa shape index (κ2) is 2.90. The number of carbonyl (C=O) groups excluding carboxylic acids is 1. The van der Waals surface area contributed by atoms with Gasteiger partial charge in [-0.15, -0.1) is 0 Å². The van der Waals surface area contributed by atoms with Crippen LogP contribution in [-0.4, -0.2) is 16.2 Å². The van der Waals surface area contributed by atoms with Crippen LogP contribution in [0.4, 0.5) is 0 Å². The van der Waals surface area contributed by atoms with Crippen LogP contribution in [0.3, 0.4) is 0 Å². The Hall–Kier alpha value is -1.19. The molecule has 0 atom stereocenters. The molecule has 0 amide bonds. The quantitative estimate of drug-likeness (QED) is 0.388. The summed E-state index contributed by atoms with van der Waals surface area (Å²) < 4.78 is 4.00. The monoisotopic (exact) mass is 118 g/mol. The molecule has 0 aromatic rings. The normalized spacial score (nSPS) is 7.62. The minimum absolute atomic E-state index is 0.544. The zero-order chi connectivity index (χ0) is 6.57. The van der Waals surface area contributed by atoms with Crippen molar-refractivity contribution in [1.29, 1.82) is 0 Å². The van der Waals surface area contributed by atoms with Gasteiger partial charge in [0.25, 0.3) is 0 Å². The van der Waals surface area contributed by atoms with Gasteiger partial charge < -0.3 is 14.9 Å². The summed E-state index contributed by atoms with van der Waals surface area (Å²) in [6.07, 6.45) is 0.544. The Kier molecular flexibility index (Phi) is 2.47. The Morgan fingerprint density at radius 1 is 1.62 bits per heavy atom. The van der Waals surface area contributed by atoms with Crippen molar-refractivity contribution in [2.24, 2.45) is 0 Å². The predicted molar refractivity (Wildman–Crippen MR) is 25.1 cm³/mol. The first-order valence-corrected chi connectivity index (χ1v) is 1.88. The number of esters is 1. The van der Waals surface area contributed by atoms with E-state index in [9.17, 15) is 4.79 Å². The number of carbonyl (C=O) groups is 1. The molecule has 0 spiro atoms. The van der Waals surface area contributed by atoms with Crippen LogP contribution in [0.15, 0.2) is 12.2 Å². The molecular formula is C4H6O4. The van der Waals surface area contributed by atoms with Crippen molar-refractivity contribution in [1.82, 2.24) is 0 Å². The van der Waals surface area contributed by atoms with Gasteiger partial charge in [-0.3, -0.25) is 4.79 Å². The fourth-order valence-electron chi connectivity index (χ4n) is 0.136. The zero-order valence-electron chi connectivity index (χ0n) is 4.29. The Morgan fingerprint density at radius 3 is 2.25 bits per heavy atom. The summed E-state index contributed by atoms with van der Waals surface area (Å²) in [4.78, 5) is 9.86. The summed E-state index contributed by atoms with van der Waals surface area (Å²) in [5, 5.41) is 15.9. The predicted octanol–water partition coefficient (Wildman–Crippen LogP) is 0.464. The second-order valence-electron chi connectivity index (χ2n) is 1.09. The molecule has 0 rings (SSSR count). The third-order valence-corrected chi connectivity index (χ3v) is 0.330. The highest BCUT2D eigenvalue weighted by molar-refractivity contribution is 5.66. The van der Waals surface area contributed by atoms with Gasteiger partial charge in [-0.1, -0.05) is 0 Å². The molecule has 2 N–H and O–H groups in total. The van der Waals surface area contributed by atoms with Crippen molar-refractivity contribution >= 4 is 5.97 Å². The smallest absolute Gasteiger partial charge is 0.311 e. The van der Waals surface area contributed by atoms with Gasteiger partial charge in [-0.05, 0) is 0 Å². The van der Waals surface area contributed by atoms with Crippen LogP contribution in [0.2, 0.25) is 0 Å². The molecule has 0 aromatic carbocycles. The van der Waals surface area contributed by atoms with Crippen LogP contribution in [0, 0.1) is 0 Å². The lowest BCUT2D eigenvalue weighted by Crippen LogP contribution is -1.91. The lowest BCUT2D eigenvalue weighted by atomic mass is 10.8. The van der Waals surface area contributed by atoms with Gasteiger partial charge in [0.05, 0.1) is 0 Å². The molecule has 0 fully saturated rings. The van der Waals surface area contributed by atoms with Crippen LogP contribution in [0.1, 0.15) is 6.92 Å². The summed E-state index contributed by atoms with van der Waals surface area (Å²) in [6, 6.07) is 0. The zero-order valence-corrected chi connectivity index (χ0v) is 4.29. The number of rotatable bonds is 1. The highest BCUT2D eigenvalue weighted by Gasteiger charge is 1.87. The standard InChI is InChI=1S/C4H6O4/c1-3(5)8-2-4(6)7/h2,6-7H,1H3. The van der Waals surface area contributed by atoms with Crippen molar-refractivity contribution in [3.05, 3.63) is 12.2 Å². The summed E-state index contributed by atoms with van der Waals surface area (Å²) >= 11 is 0. The number of aliphatic hydroxyl groups excluding tert-OH is 1. The van der Waals surface area contributed by atoms with E-state index in [0.29, 0.717) is 6.26 Å². The van der Waals surface area contributed by atoms with Crippen LogP contribution in [0.25, 0.3) is 0 Å². The highest BCUT2D eigenvalue weighted by Crippen LogP contribution is 1.81. The van der Waals surface area contributed by atoms with E-state index in [-0.39, 0.29) is 0 Å². The molecule has 0 radical (unpaired) electrons. The topological polar surface area (TPSA) is 66.8 Å². The van der Waals surface area contributed by atoms with Gasteiger partial charge in [-0.25, -0.2) is 0 Å². The summed E-state index contributed by atoms with van der Waals surface area (Å²) in [5.41, 5.74) is 0. The van der Waals surface area contributed by atoms with E-state index in [0.717, 1.165) is 6.92 Å². The average molecular weight is 118 g/mol. The summed E-state index contributed by atoms with van der Waals surface area (Å²) in [7, 11) is 0.